The monoisotopic (exact) mass is 720 g/mol. The molecule has 53 heavy (non-hydrogen) atoms. The average molecular weight is 721 g/mol. The average Bonchev–Trinajstić information content (AvgIpc) is 3.58. The summed E-state index contributed by atoms with van der Waals surface area (Å²) in [6, 6.07) is 30.8. The molecule has 0 saturated carbocycles. The van der Waals surface area contributed by atoms with Crippen LogP contribution >= 0.6 is 0 Å². The molecule has 0 unspecified atom stereocenters. The Balaban J connectivity index is 1.39. The van der Waals surface area contributed by atoms with Crippen LogP contribution in [-0.2, 0) is 24.6 Å². The highest BCUT2D eigenvalue weighted by Crippen LogP contribution is 2.43. The van der Waals surface area contributed by atoms with E-state index in [2.05, 4.69) is 0 Å². The van der Waals surface area contributed by atoms with Crippen LogP contribution in [0.5, 0.6) is 17.2 Å². The molecule has 0 aliphatic carbocycles. The number of carbonyl (C=O) groups excluding carboxylic acids is 2. The minimum absolute atomic E-state index is 0.0469. The number of hydrogen-bond donors (Lipinski definition) is 0. The minimum atomic E-state index is -1.20. The van der Waals surface area contributed by atoms with Gasteiger partial charge < -0.3 is 28.4 Å². The third-order valence-corrected chi connectivity index (χ3v) is 9.27. The lowest BCUT2D eigenvalue weighted by atomic mass is 9.80. The third-order valence-electron chi connectivity index (χ3n) is 9.27. The standard InChI is InChI=1S/C41H40N2O10/c1-26-24-42(40(47)43(38(26)45)39(46)28-11-17-32(48-3)18-12-28)37-23-35(52-27(2)44)36(53-37)25-51-41(29-9-7-6-8-10-29,30-13-19-33(49-4)20-14-30)31-15-21-34(50-5)22-16-31/h6-22,24,35-37H,23,25H2,1-5H3/t35-,36+,37-/m1/s1. The van der Waals surface area contributed by atoms with Crippen LogP contribution in [0, 0.1) is 6.92 Å². The van der Waals surface area contributed by atoms with Crippen LogP contribution in [0.1, 0.15) is 52.2 Å². The molecule has 1 fully saturated rings. The first kappa shape index (κ1) is 36.8. The predicted molar refractivity (Wildman–Crippen MR) is 195 cm³/mol. The van der Waals surface area contributed by atoms with Gasteiger partial charge >= 0.3 is 11.7 Å². The Morgan fingerprint density at radius 3 is 1.77 bits per heavy atom. The van der Waals surface area contributed by atoms with Crippen LogP contribution in [0.3, 0.4) is 0 Å². The Morgan fingerprint density at radius 2 is 1.26 bits per heavy atom. The highest BCUT2D eigenvalue weighted by molar-refractivity contribution is 5.95. The summed E-state index contributed by atoms with van der Waals surface area (Å²) in [4.78, 5) is 53.1. The van der Waals surface area contributed by atoms with E-state index in [0.717, 1.165) is 16.7 Å². The fourth-order valence-corrected chi connectivity index (χ4v) is 6.59. The van der Waals surface area contributed by atoms with Crippen molar-refractivity contribution in [2.75, 3.05) is 27.9 Å². The van der Waals surface area contributed by atoms with E-state index >= 15 is 0 Å². The van der Waals surface area contributed by atoms with Gasteiger partial charge in [-0.2, -0.15) is 4.57 Å². The number of esters is 1. The van der Waals surface area contributed by atoms with E-state index in [1.54, 1.807) is 26.4 Å². The van der Waals surface area contributed by atoms with Crippen LogP contribution in [0.15, 0.2) is 119 Å². The van der Waals surface area contributed by atoms with Gasteiger partial charge in [-0.25, -0.2) is 4.79 Å². The van der Waals surface area contributed by atoms with Crippen LogP contribution in [0.25, 0.3) is 0 Å². The van der Waals surface area contributed by atoms with E-state index in [9.17, 15) is 19.2 Å². The van der Waals surface area contributed by atoms with E-state index in [1.807, 2.05) is 78.9 Å². The van der Waals surface area contributed by atoms with E-state index in [4.69, 9.17) is 28.4 Å². The summed E-state index contributed by atoms with van der Waals surface area (Å²) in [6.07, 6.45) is -1.33. The normalized spacial score (nSPS) is 16.9. The van der Waals surface area contributed by atoms with E-state index in [1.165, 1.54) is 43.9 Å². The maximum atomic E-state index is 13.9. The van der Waals surface area contributed by atoms with Crippen LogP contribution in [0.2, 0.25) is 0 Å². The molecule has 6 rings (SSSR count). The lowest BCUT2D eigenvalue weighted by molar-refractivity contribution is -0.153. The molecule has 0 radical (unpaired) electrons. The number of nitrogens with zero attached hydrogens (tertiary/aromatic N) is 2. The van der Waals surface area contributed by atoms with Crippen molar-refractivity contribution in [3.8, 4) is 17.2 Å². The number of ether oxygens (including phenoxy) is 6. The molecule has 0 amide bonds. The van der Waals surface area contributed by atoms with E-state index in [-0.39, 0.29) is 24.2 Å². The zero-order chi connectivity index (χ0) is 37.7. The molecule has 1 saturated heterocycles. The Morgan fingerprint density at radius 1 is 0.755 bits per heavy atom. The maximum absolute atomic E-state index is 13.9. The van der Waals surface area contributed by atoms with Crippen molar-refractivity contribution >= 4 is 11.9 Å². The lowest BCUT2D eigenvalue weighted by Gasteiger charge is -2.37. The molecule has 0 spiro atoms. The van der Waals surface area contributed by atoms with Gasteiger partial charge in [-0.15, -0.1) is 0 Å². The Labute approximate surface area is 306 Å². The topological polar surface area (TPSA) is 134 Å². The molecule has 12 nitrogen and oxygen atoms in total. The fourth-order valence-electron chi connectivity index (χ4n) is 6.59. The van der Waals surface area contributed by atoms with Crippen molar-refractivity contribution in [1.29, 1.82) is 0 Å². The molecule has 4 aromatic carbocycles. The van der Waals surface area contributed by atoms with Crippen molar-refractivity contribution in [2.45, 2.75) is 44.3 Å². The minimum Gasteiger partial charge on any atom is -0.497 e. The first-order valence-corrected chi connectivity index (χ1v) is 16.9. The summed E-state index contributed by atoms with van der Waals surface area (Å²) in [6.45, 7) is 2.70. The number of hydrogen-bond acceptors (Lipinski definition) is 10. The van der Waals surface area contributed by atoms with Gasteiger partial charge in [0.1, 0.15) is 41.3 Å². The van der Waals surface area contributed by atoms with Gasteiger partial charge in [-0.05, 0) is 72.1 Å². The first-order chi connectivity index (χ1) is 25.6. The second-order valence-corrected chi connectivity index (χ2v) is 12.5. The van der Waals surface area contributed by atoms with Crippen molar-refractivity contribution in [3.63, 3.8) is 0 Å². The Kier molecular flexibility index (Phi) is 10.9. The van der Waals surface area contributed by atoms with E-state index < -0.39 is 47.2 Å². The summed E-state index contributed by atoms with van der Waals surface area (Å²) >= 11 is 0. The van der Waals surface area contributed by atoms with Crippen molar-refractivity contribution < 1.29 is 38.0 Å². The smallest absolute Gasteiger partial charge is 0.340 e. The quantitative estimate of drug-likeness (QED) is 0.124. The second kappa shape index (κ2) is 15.7. The molecule has 0 N–H and O–H groups in total. The number of benzene rings is 4. The van der Waals surface area contributed by atoms with Crippen LogP contribution in [-0.4, -0.2) is 61.2 Å². The maximum Gasteiger partial charge on any atom is 0.340 e. The van der Waals surface area contributed by atoms with Gasteiger partial charge in [0.25, 0.3) is 11.5 Å². The van der Waals surface area contributed by atoms with Gasteiger partial charge in [0.2, 0.25) is 0 Å². The highest BCUT2D eigenvalue weighted by Gasteiger charge is 2.44. The Hall–Kier alpha value is -5.98. The summed E-state index contributed by atoms with van der Waals surface area (Å²) in [7, 11) is 4.68. The Bertz CT molecular complexity index is 2130. The molecule has 274 valence electrons. The molecule has 12 heteroatoms. The zero-order valence-electron chi connectivity index (χ0n) is 30.0. The fraction of sp³-hybridized carbons (Fsp3) is 0.268. The van der Waals surface area contributed by atoms with Crippen LogP contribution in [0.4, 0.5) is 0 Å². The van der Waals surface area contributed by atoms with Crippen LogP contribution < -0.4 is 25.5 Å². The first-order valence-electron chi connectivity index (χ1n) is 16.9. The van der Waals surface area contributed by atoms with Gasteiger partial charge in [0, 0.05) is 30.7 Å². The molecular weight excluding hydrogens is 680 g/mol. The molecule has 2 heterocycles. The summed E-state index contributed by atoms with van der Waals surface area (Å²) in [5, 5.41) is 0. The summed E-state index contributed by atoms with van der Waals surface area (Å²) in [5.41, 5.74) is -0.224. The highest BCUT2D eigenvalue weighted by atomic mass is 16.6. The summed E-state index contributed by atoms with van der Waals surface area (Å²) < 4.78 is 37.1. The molecule has 3 atom stereocenters. The van der Waals surface area contributed by atoms with E-state index in [0.29, 0.717) is 21.8 Å². The van der Waals surface area contributed by atoms with Gasteiger partial charge in [-0.3, -0.25) is 19.0 Å². The number of methoxy groups -OCH3 is 3. The van der Waals surface area contributed by atoms with Crippen molar-refractivity contribution in [3.05, 3.63) is 158 Å². The summed E-state index contributed by atoms with van der Waals surface area (Å²) in [5.74, 6) is 0.480. The number of aromatic nitrogens is 2. The molecule has 0 bridgehead atoms. The SMILES string of the molecule is COc1ccc(C(=O)n2c(=O)c(C)cn([C@H]3C[C@@H](OC(C)=O)[C@H](COC(c4ccccc4)(c4ccc(OC)cc4)c4ccc(OC)cc4)O3)c2=O)cc1. The van der Waals surface area contributed by atoms with Gasteiger partial charge in [0.15, 0.2) is 0 Å². The van der Waals surface area contributed by atoms with Gasteiger partial charge in [-0.1, -0.05) is 54.6 Å². The van der Waals surface area contributed by atoms with Crippen molar-refractivity contribution in [2.24, 2.45) is 0 Å². The molecule has 1 aliphatic rings. The number of aryl methyl sites for hydroxylation is 1. The molecule has 5 aromatic rings. The molecule has 1 aliphatic heterocycles. The number of carbonyl (C=O) groups is 2. The second-order valence-electron chi connectivity index (χ2n) is 12.5. The van der Waals surface area contributed by atoms with Gasteiger partial charge in [0.05, 0.1) is 27.9 Å². The third kappa shape index (κ3) is 7.37. The predicted octanol–water partition coefficient (Wildman–Crippen LogP) is 5.26. The molecular formula is C41H40N2O10. The van der Waals surface area contributed by atoms with Crippen molar-refractivity contribution in [1.82, 2.24) is 9.13 Å². The number of rotatable bonds is 12. The molecule has 1 aromatic heterocycles. The lowest BCUT2D eigenvalue weighted by Crippen LogP contribution is -2.45. The zero-order valence-corrected chi connectivity index (χ0v) is 30.0. The largest absolute Gasteiger partial charge is 0.497 e.